The molecule has 0 radical (unpaired) electrons. The lowest BCUT2D eigenvalue weighted by Gasteiger charge is -2.14. The normalized spacial score (nSPS) is 11.4. The molecule has 0 saturated heterocycles. The Bertz CT molecular complexity index is 1560. The lowest BCUT2D eigenvalue weighted by atomic mass is 10.1. The summed E-state index contributed by atoms with van der Waals surface area (Å²) in [7, 11) is -3.91. The minimum Gasteiger partial charge on any atom is -0.321 e. The highest BCUT2D eigenvalue weighted by Gasteiger charge is 2.20. The Labute approximate surface area is 190 Å². The number of carbonyl (C=O) groups excluding carboxylic acids is 1. The molecule has 8 nitrogen and oxygen atoms in total. The van der Waals surface area contributed by atoms with Gasteiger partial charge in [-0.25, -0.2) is 13.5 Å². The van der Waals surface area contributed by atoms with Crippen LogP contribution in [0, 0.1) is 20.8 Å². The second kappa shape index (κ2) is 8.51. The van der Waals surface area contributed by atoms with E-state index in [0.29, 0.717) is 22.0 Å². The van der Waals surface area contributed by atoms with E-state index >= 15 is 0 Å². The molecule has 0 aliphatic rings. The first-order valence-corrected chi connectivity index (χ1v) is 11.6. The highest BCUT2D eigenvalue weighted by Crippen LogP contribution is 2.25. The van der Waals surface area contributed by atoms with E-state index in [4.69, 9.17) is 0 Å². The number of nitrogens with one attached hydrogen (secondary N) is 3. The first-order chi connectivity index (χ1) is 15.7. The molecule has 0 fully saturated rings. The number of amides is 1. The topological polar surface area (TPSA) is 121 Å². The Balaban J connectivity index is 1.66. The molecule has 0 aliphatic carbocycles. The molecule has 0 spiro atoms. The molecule has 0 unspecified atom stereocenters. The Kier molecular flexibility index (Phi) is 5.73. The third kappa shape index (κ3) is 4.49. The van der Waals surface area contributed by atoms with Crippen molar-refractivity contribution in [2.24, 2.45) is 0 Å². The summed E-state index contributed by atoms with van der Waals surface area (Å²) < 4.78 is 28.8. The number of aryl methyl sites for hydroxylation is 3. The lowest BCUT2D eigenvalue weighted by Crippen LogP contribution is -2.20. The van der Waals surface area contributed by atoms with E-state index in [9.17, 15) is 18.0 Å². The molecule has 9 heteroatoms. The fraction of sp³-hybridized carbons (Fsp3) is 0.125. The Morgan fingerprint density at radius 1 is 0.909 bits per heavy atom. The van der Waals surface area contributed by atoms with Gasteiger partial charge in [-0.05, 0) is 56.2 Å². The van der Waals surface area contributed by atoms with Crippen molar-refractivity contribution < 1.29 is 13.2 Å². The number of nitrogens with zero attached hydrogens (tertiary/aromatic N) is 1. The summed E-state index contributed by atoms with van der Waals surface area (Å²) in [4.78, 5) is 24.9. The van der Waals surface area contributed by atoms with Crippen molar-refractivity contribution >= 4 is 38.1 Å². The fourth-order valence-corrected chi connectivity index (χ4v) is 4.98. The van der Waals surface area contributed by atoms with Crippen LogP contribution in [0.1, 0.15) is 27.2 Å². The predicted molar refractivity (Wildman–Crippen MR) is 128 cm³/mol. The van der Waals surface area contributed by atoms with E-state index in [0.717, 1.165) is 11.1 Å². The highest BCUT2D eigenvalue weighted by molar-refractivity contribution is 7.92. The molecule has 1 amide bonds. The van der Waals surface area contributed by atoms with E-state index in [1.54, 1.807) is 49.4 Å². The van der Waals surface area contributed by atoms with Gasteiger partial charge in [0.1, 0.15) is 0 Å². The maximum atomic E-state index is 13.1. The summed E-state index contributed by atoms with van der Waals surface area (Å²) in [6, 6.07) is 16.7. The monoisotopic (exact) mass is 462 g/mol. The molecule has 168 valence electrons. The molecule has 1 aromatic heterocycles. The van der Waals surface area contributed by atoms with Gasteiger partial charge < -0.3 is 5.32 Å². The minimum atomic E-state index is -3.91. The van der Waals surface area contributed by atoms with Crippen molar-refractivity contribution in [1.82, 2.24) is 10.2 Å². The smallest absolute Gasteiger partial charge is 0.276 e. The number of anilines is 2. The van der Waals surface area contributed by atoms with E-state index in [1.165, 1.54) is 6.07 Å². The first kappa shape index (κ1) is 22.2. The predicted octanol–water partition coefficient (Wildman–Crippen LogP) is 3.90. The molecule has 4 rings (SSSR count). The second-order valence-corrected chi connectivity index (χ2v) is 9.46. The average Bonchev–Trinajstić information content (AvgIpc) is 2.77. The summed E-state index contributed by atoms with van der Waals surface area (Å²) in [5.74, 6) is -0.572. The molecule has 1 heterocycles. The molecule has 3 aromatic carbocycles. The van der Waals surface area contributed by atoms with Gasteiger partial charge in [0.05, 0.1) is 16.0 Å². The van der Waals surface area contributed by atoms with Gasteiger partial charge in [-0.15, -0.1) is 0 Å². The zero-order chi connectivity index (χ0) is 23.8. The molecule has 33 heavy (non-hydrogen) atoms. The van der Waals surface area contributed by atoms with Crippen LogP contribution in [0.25, 0.3) is 10.8 Å². The maximum absolute atomic E-state index is 13.1. The standard InChI is InChI=1S/C24H22N4O4S/c1-14-8-11-20(16(3)12-14)28-33(31,32)21-13-17(10-9-15(21)2)25-24(30)22-18-6-4-5-7-19(18)23(29)27-26-22/h4-13,28H,1-3H3,(H,25,30)(H,27,29). The van der Waals surface area contributed by atoms with Crippen molar-refractivity contribution in [1.29, 1.82) is 0 Å². The largest absolute Gasteiger partial charge is 0.321 e. The summed E-state index contributed by atoms with van der Waals surface area (Å²) in [6.07, 6.45) is 0. The van der Waals surface area contributed by atoms with E-state index in [-0.39, 0.29) is 16.3 Å². The van der Waals surface area contributed by atoms with Crippen LogP contribution in [-0.4, -0.2) is 24.5 Å². The van der Waals surface area contributed by atoms with Crippen LogP contribution < -0.4 is 15.6 Å². The number of aromatic amines is 1. The third-order valence-electron chi connectivity index (χ3n) is 5.27. The van der Waals surface area contributed by atoms with E-state index in [1.807, 2.05) is 26.0 Å². The van der Waals surface area contributed by atoms with Gasteiger partial charge in [-0.3, -0.25) is 14.3 Å². The van der Waals surface area contributed by atoms with Gasteiger partial charge in [0.15, 0.2) is 5.69 Å². The zero-order valence-corrected chi connectivity index (χ0v) is 19.1. The molecule has 0 saturated carbocycles. The summed E-state index contributed by atoms with van der Waals surface area (Å²) in [5.41, 5.74) is 2.75. The molecular formula is C24H22N4O4S. The number of hydrogen-bond acceptors (Lipinski definition) is 5. The second-order valence-electron chi connectivity index (χ2n) is 7.81. The van der Waals surface area contributed by atoms with Gasteiger partial charge in [0, 0.05) is 11.1 Å². The SMILES string of the molecule is Cc1ccc(NS(=O)(=O)c2cc(NC(=O)c3n[nH]c(=O)c4ccccc34)ccc2C)c(C)c1. The Hall–Kier alpha value is -3.98. The van der Waals surface area contributed by atoms with Gasteiger partial charge >= 0.3 is 0 Å². The maximum Gasteiger partial charge on any atom is 0.276 e. The molecular weight excluding hydrogens is 440 g/mol. The van der Waals surface area contributed by atoms with Gasteiger partial charge in [0.2, 0.25) is 0 Å². The Morgan fingerprint density at radius 2 is 1.64 bits per heavy atom. The van der Waals surface area contributed by atoms with Crippen molar-refractivity contribution in [2.75, 3.05) is 10.0 Å². The average molecular weight is 463 g/mol. The van der Waals surface area contributed by atoms with Crippen molar-refractivity contribution in [3.05, 3.63) is 93.4 Å². The van der Waals surface area contributed by atoms with Gasteiger partial charge in [-0.2, -0.15) is 5.10 Å². The molecule has 0 atom stereocenters. The van der Waals surface area contributed by atoms with Crippen LogP contribution in [0.15, 0.2) is 70.4 Å². The molecule has 0 bridgehead atoms. The zero-order valence-electron chi connectivity index (χ0n) is 18.3. The number of rotatable bonds is 5. The summed E-state index contributed by atoms with van der Waals surface area (Å²) in [6.45, 7) is 5.44. The minimum absolute atomic E-state index is 0.0311. The Morgan fingerprint density at radius 3 is 2.36 bits per heavy atom. The summed E-state index contributed by atoms with van der Waals surface area (Å²) in [5, 5.41) is 9.61. The van der Waals surface area contributed by atoms with Crippen LogP contribution in [-0.2, 0) is 10.0 Å². The summed E-state index contributed by atoms with van der Waals surface area (Å²) >= 11 is 0. The molecule has 0 aliphatic heterocycles. The number of sulfonamides is 1. The fourth-order valence-electron chi connectivity index (χ4n) is 3.57. The van der Waals surface area contributed by atoms with Gasteiger partial charge in [-0.1, -0.05) is 42.0 Å². The lowest BCUT2D eigenvalue weighted by molar-refractivity contribution is 0.102. The first-order valence-electron chi connectivity index (χ1n) is 10.2. The van der Waals surface area contributed by atoms with Gasteiger partial charge in [0.25, 0.3) is 21.5 Å². The number of hydrogen-bond donors (Lipinski definition) is 3. The number of H-pyrrole nitrogens is 1. The van der Waals surface area contributed by atoms with Crippen LogP contribution in [0.3, 0.4) is 0 Å². The van der Waals surface area contributed by atoms with Crippen molar-refractivity contribution in [3.8, 4) is 0 Å². The quantitative estimate of drug-likeness (QED) is 0.415. The highest BCUT2D eigenvalue weighted by atomic mass is 32.2. The van der Waals surface area contributed by atoms with E-state index < -0.39 is 21.5 Å². The van der Waals surface area contributed by atoms with E-state index in [2.05, 4.69) is 20.2 Å². The van der Waals surface area contributed by atoms with Crippen molar-refractivity contribution in [3.63, 3.8) is 0 Å². The van der Waals surface area contributed by atoms with Crippen LogP contribution in [0.4, 0.5) is 11.4 Å². The number of carbonyl (C=O) groups is 1. The van der Waals surface area contributed by atoms with Crippen LogP contribution in [0.2, 0.25) is 0 Å². The van der Waals surface area contributed by atoms with Crippen molar-refractivity contribution in [2.45, 2.75) is 25.7 Å². The number of benzene rings is 3. The number of aromatic nitrogens is 2. The third-order valence-corrected chi connectivity index (χ3v) is 6.78. The number of fused-ring (bicyclic) bond motifs is 1. The molecule has 4 aromatic rings. The van der Waals surface area contributed by atoms with Crippen LogP contribution >= 0.6 is 0 Å². The molecule has 3 N–H and O–H groups in total. The van der Waals surface area contributed by atoms with Crippen LogP contribution in [0.5, 0.6) is 0 Å².